The Balaban J connectivity index is 1.10. The number of aliphatic hydroxyl groups is 1. The van der Waals surface area contributed by atoms with Crippen molar-refractivity contribution in [1.82, 2.24) is 25.8 Å². The fourth-order valence-corrected chi connectivity index (χ4v) is 5.11. The second kappa shape index (κ2) is 9.06. The Kier molecular flexibility index (Phi) is 5.85. The fourth-order valence-electron chi connectivity index (χ4n) is 4.85. The predicted molar refractivity (Wildman–Crippen MR) is 129 cm³/mol. The summed E-state index contributed by atoms with van der Waals surface area (Å²) >= 11 is 6.35. The summed E-state index contributed by atoms with van der Waals surface area (Å²) < 4.78 is 11.2. The maximum absolute atomic E-state index is 13.0. The van der Waals surface area contributed by atoms with E-state index >= 15 is 0 Å². The number of hydrogen-bond donors (Lipinski definition) is 3. The van der Waals surface area contributed by atoms with Gasteiger partial charge in [0.2, 0.25) is 0 Å². The zero-order chi connectivity index (χ0) is 24.9. The lowest BCUT2D eigenvalue weighted by atomic mass is 9.94. The van der Waals surface area contributed by atoms with E-state index in [4.69, 9.17) is 21.1 Å². The molecular weight excluding hydrogens is 486 g/mol. The molecule has 0 radical (unpaired) electrons. The van der Waals surface area contributed by atoms with Gasteiger partial charge in [0.25, 0.3) is 11.8 Å². The molecule has 188 valence electrons. The molecule has 3 unspecified atom stereocenters. The zero-order valence-electron chi connectivity index (χ0n) is 19.4. The number of rotatable bonds is 7. The molecule has 3 N–H and O–H groups in total. The first-order chi connectivity index (χ1) is 17.5. The minimum atomic E-state index is -1.01. The molecule has 4 atom stereocenters. The molecular formula is C25H26ClN5O5. The monoisotopic (exact) mass is 511 g/mol. The van der Waals surface area contributed by atoms with Crippen molar-refractivity contribution < 1.29 is 24.2 Å². The van der Waals surface area contributed by atoms with Crippen LogP contribution >= 0.6 is 11.6 Å². The van der Waals surface area contributed by atoms with Gasteiger partial charge in [0.1, 0.15) is 18.5 Å². The van der Waals surface area contributed by atoms with Crippen LogP contribution in [0.1, 0.15) is 34.9 Å². The highest BCUT2D eigenvalue weighted by molar-refractivity contribution is 6.34. The zero-order valence-corrected chi connectivity index (χ0v) is 20.1. The Morgan fingerprint density at radius 1 is 1.19 bits per heavy atom. The first-order valence-corrected chi connectivity index (χ1v) is 12.3. The second-order valence-electron chi connectivity index (χ2n) is 9.28. The molecule has 11 heteroatoms. The number of nitrogens with one attached hydrogen (secondary N) is 2. The summed E-state index contributed by atoms with van der Waals surface area (Å²) in [6.07, 6.45) is 2.14. The number of carbonyl (C=O) groups excluding carboxylic acids is 2. The van der Waals surface area contributed by atoms with Crippen LogP contribution < -0.4 is 15.4 Å². The van der Waals surface area contributed by atoms with Gasteiger partial charge in [-0.15, -0.1) is 5.12 Å². The van der Waals surface area contributed by atoms with Crippen LogP contribution in [0.3, 0.4) is 0 Å². The third kappa shape index (κ3) is 4.10. The lowest BCUT2D eigenvalue weighted by Gasteiger charge is -2.43. The number of ether oxygens (including phenoxy) is 2. The van der Waals surface area contributed by atoms with Crippen molar-refractivity contribution in [3.05, 3.63) is 76.5 Å². The van der Waals surface area contributed by atoms with E-state index in [9.17, 15) is 14.7 Å². The van der Waals surface area contributed by atoms with E-state index in [1.165, 1.54) is 6.08 Å². The van der Waals surface area contributed by atoms with Crippen LogP contribution in [-0.4, -0.2) is 70.3 Å². The molecule has 0 spiro atoms. The Bertz CT molecular complexity index is 1220. The normalized spacial score (nSPS) is 27.6. The molecule has 2 aromatic rings. The summed E-state index contributed by atoms with van der Waals surface area (Å²) in [4.78, 5) is 25.7. The molecule has 2 amide bonds. The number of fused-ring (bicyclic) bond motifs is 4. The largest absolute Gasteiger partial charge is 0.487 e. The van der Waals surface area contributed by atoms with E-state index in [2.05, 4.69) is 15.6 Å². The van der Waals surface area contributed by atoms with Gasteiger partial charge >= 0.3 is 0 Å². The van der Waals surface area contributed by atoms with Crippen molar-refractivity contribution in [2.75, 3.05) is 26.4 Å². The van der Waals surface area contributed by atoms with E-state index in [0.29, 0.717) is 37.5 Å². The van der Waals surface area contributed by atoms with Crippen molar-refractivity contribution in [3.8, 4) is 5.75 Å². The highest BCUT2D eigenvalue weighted by Crippen LogP contribution is 2.53. The van der Waals surface area contributed by atoms with Crippen LogP contribution in [0.15, 0.2) is 60.3 Å². The molecule has 6 rings (SSSR count). The van der Waals surface area contributed by atoms with Gasteiger partial charge in [-0.2, -0.15) is 5.01 Å². The van der Waals surface area contributed by atoms with Gasteiger partial charge in [-0.3, -0.25) is 9.59 Å². The van der Waals surface area contributed by atoms with Gasteiger partial charge in [-0.1, -0.05) is 48.0 Å². The van der Waals surface area contributed by atoms with Gasteiger partial charge < -0.3 is 25.2 Å². The molecule has 3 fully saturated rings. The number of carbonyl (C=O) groups is 2. The molecule has 0 bridgehead atoms. The number of nitrogens with zero attached hydrogens (tertiary/aromatic N) is 3. The summed E-state index contributed by atoms with van der Waals surface area (Å²) in [5.41, 5.74) is 0.886. The van der Waals surface area contributed by atoms with Crippen LogP contribution in [0.5, 0.6) is 5.75 Å². The van der Waals surface area contributed by atoms with Crippen molar-refractivity contribution >= 4 is 23.4 Å². The first kappa shape index (κ1) is 23.3. The van der Waals surface area contributed by atoms with Crippen molar-refractivity contribution in [3.63, 3.8) is 0 Å². The molecule has 4 aliphatic heterocycles. The van der Waals surface area contributed by atoms with E-state index in [-0.39, 0.29) is 42.1 Å². The van der Waals surface area contributed by atoms with E-state index in [0.717, 1.165) is 5.56 Å². The second-order valence-corrected chi connectivity index (χ2v) is 9.68. The molecule has 4 heterocycles. The number of hydrogen-bond acceptors (Lipinski definition) is 8. The third-order valence-electron chi connectivity index (χ3n) is 6.88. The molecule has 3 saturated heterocycles. The smallest absolute Gasteiger partial charge is 0.266 e. The summed E-state index contributed by atoms with van der Waals surface area (Å²) in [5.74, 6) is -0.283. The highest BCUT2D eigenvalue weighted by Gasteiger charge is 2.68. The first-order valence-electron chi connectivity index (χ1n) is 11.9. The van der Waals surface area contributed by atoms with E-state index < -0.39 is 11.5 Å². The average molecular weight is 512 g/mol. The molecule has 4 aliphatic rings. The van der Waals surface area contributed by atoms with Crippen LogP contribution in [0.25, 0.3) is 0 Å². The lowest BCUT2D eigenvalue weighted by Crippen LogP contribution is -2.66. The molecule has 0 saturated carbocycles. The topological polar surface area (TPSA) is 106 Å². The minimum Gasteiger partial charge on any atom is -0.487 e. The lowest BCUT2D eigenvalue weighted by molar-refractivity contribution is -0.200. The third-order valence-corrected chi connectivity index (χ3v) is 7.19. The van der Waals surface area contributed by atoms with E-state index in [1.807, 2.05) is 35.4 Å². The van der Waals surface area contributed by atoms with Crippen LogP contribution in [-0.2, 0) is 9.53 Å². The Labute approximate surface area is 212 Å². The van der Waals surface area contributed by atoms with Crippen molar-refractivity contribution in [1.29, 1.82) is 0 Å². The summed E-state index contributed by atoms with van der Waals surface area (Å²) in [6, 6.07) is 14.9. The standard InChI is InChI=1S/C25H26ClN5O5/c26-18-7-4-8-19(21(18)22(33)27-15-25(34)9-11-35-12-10-25)36-14-17-13-20(32)29-24(28-17)30-23(31(29)30)16-5-2-1-3-6-16/h1-8,13,23-24,28,34H,9-12,14-15H2,(H,27,33)/t23?,24?,30?,31-/m0/s1. The van der Waals surface area contributed by atoms with Crippen molar-refractivity contribution in [2.45, 2.75) is 30.9 Å². The Hall–Kier alpha value is -3.15. The van der Waals surface area contributed by atoms with Crippen molar-refractivity contribution in [2.24, 2.45) is 0 Å². The molecule has 2 aromatic carbocycles. The SMILES string of the molecule is O=C(NCC1(O)CCOCC1)c1c(Cl)cccc1OCC1=CC(=O)N2C(N1)N1C(c3ccccc3)[N@@]21. The molecule has 0 aliphatic carbocycles. The summed E-state index contributed by atoms with van der Waals surface area (Å²) in [7, 11) is 0. The summed E-state index contributed by atoms with van der Waals surface area (Å²) in [5, 5.41) is 22.6. The van der Waals surface area contributed by atoms with Crippen LogP contribution in [0.2, 0.25) is 5.02 Å². The Morgan fingerprint density at radius 2 is 1.97 bits per heavy atom. The highest BCUT2D eigenvalue weighted by atomic mass is 35.5. The van der Waals surface area contributed by atoms with Gasteiger partial charge in [0.05, 0.1) is 21.9 Å². The molecule has 10 nitrogen and oxygen atoms in total. The number of amides is 2. The molecule has 36 heavy (non-hydrogen) atoms. The average Bonchev–Trinajstić information content (AvgIpc) is 3.53. The predicted octanol–water partition coefficient (Wildman–Crippen LogP) is 1.75. The number of benzene rings is 2. The van der Waals surface area contributed by atoms with Gasteiger partial charge in [0, 0.05) is 38.7 Å². The fraction of sp³-hybridized carbons (Fsp3) is 0.360. The maximum Gasteiger partial charge on any atom is 0.266 e. The van der Waals surface area contributed by atoms with Crippen LogP contribution in [0.4, 0.5) is 0 Å². The molecule has 0 aromatic heterocycles. The van der Waals surface area contributed by atoms with Gasteiger partial charge in [-0.05, 0) is 17.7 Å². The number of halogens is 1. The number of hydrazine groups is 2. The maximum atomic E-state index is 13.0. The quantitative estimate of drug-likeness (QED) is 0.483. The van der Waals surface area contributed by atoms with E-state index in [1.54, 1.807) is 23.2 Å². The Morgan fingerprint density at radius 3 is 2.75 bits per heavy atom. The van der Waals surface area contributed by atoms with Gasteiger partial charge in [0.15, 0.2) is 6.29 Å². The minimum absolute atomic E-state index is 0.0232. The van der Waals surface area contributed by atoms with Gasteiger partial charge in [-0.25, -0.2) is 5.01 Å². The summed E-state index contributed by atoms with van der Waals surface area (Å²) in [6.45, 7) is 1.05. The van der Waals surface area contributed by atoms with Crippen LogP contribution in [0, 0.1) is 0 Å².